The predicted molar refractivity (Wildman–Crippen MR) is 162 cm³/mol. The van der Waals surface area contributed by atoms with Gasteiger partial charge >= 0.3 is 6.18 Å². The van der Waals surface area contributed by atoms with E-state index in [2.05, 4.69) is 16.2 Å². The first kappa shape index (κ1) is 31.6. The van der Waals surface area contributed by atoms with E-state index in [0.717, 1.165) is 22.3 Å². The zero-order valence-electron chi connectivity index (χ0n) is 24.8. The second-order valence-corrected chi connectivity index (χ2v) is 12.2. The molecule has 1 atom stereocenters. The molecule has 2 fully saturated rings. The lowest BCUT2D eigenvalue weighted by Crippen LogP contribution is -2.62. The third-order valence-corrected chi connectivity index (χ3v) is 9.28. The Bertz CT molecular complexity index is 1810. The number of anilines is 3. The van der Waals surface area contributed by atoms with Crippen molar-refractivity contribution in [3.8, 4) is 17.3 Å². The molecule has 2 aliphatic heterocycles. The fourth-order valence-corrected chi connectivity index (χ4v) is 6.70. The van der Waals surface area contributed by atoms with E-state index in [9.17, 15) is 32.7 Å². The van der Waals surface area contributed by atoms with Gasteiger partial charge in [-0.3, -0.25) is 9.69 Å². The van der Waals surface area contributed by atoms with Crippen molar-refractivity contribution in [3.05, 3.63) is 52.9 Å². The van der Waals surface area contributed by atoms with Gasteiger partial charge in [-0.1, -0.05) is 11.3 Å². The molecule has 1 N–H and O–H groups in total. The molecule has 4 aromatic rings. The SMILES string of the molecule is CCn1nc2c(F)cc(N3CCN(CC(=O)N4CC(O)C4)CC3C(F)(F)F)cc2c1N(C)c1nc(-c2ccc(F)cc2)c(C#N)s1. The largest absolute Gasteiger partial charge is 0.409 e. The molecule has 1 unspecified atom stereocenters. The first-order valence-electron chi connectivity index (χ1n) is 14.5. The number of carbonyl (C=O) groups is 1. The Labute approximate surface area is 264 Å². The molecule has 2 aromatic heterocycles. The number of halogens is 5. The maximum atomic E-state index is 15.6. The van der Waals surface area contributed by atoms with Crippen molar-refractivity contribution in [1.82, 2.24) is 24.6 Å². The van der Waals surface area contributed by atoms with Crippen LogP contribution in [0, 0.1) is 23.0 Å². The number of hydrogen-bond acceptors (Lipinski definition) is 9. The normalized spacial score (nSPS) is 17.8. The van der Waals surface area contributed by atoms with Crippen molar-refractivity contribution in [3.63, 3.8) is 0 Å². The van der Waals surface area contributed by atoms with Crippen molar-refractivity contribution in [2.45, 2.75) is 31.8 Å². The third-order valence-electron chi connectivity index (χ3n) is 8.24. The Balaban J connectivity index is 1.34. The third kappa shape index (κ3) is 5.85. The summed E-state index contributed by atoms with van der Waals surface area (Å²) < 4.78 is 74.0. The first-order valence-corrected chi connectivity index (χ1v) is 15.3. The molecule has 0 bridgehead atoms. The van der Waals surface area contributed by atoms with Crippen LogP contribution in [0.3, 0.4) is 0 Å². The van der Waals surface area contributed by atoms with Crippen LogP contribution in [0.5, 0.6) is 0 Å². The van der Waals surface area contributed by atoms with Crippen LogP contribution in [-0.2, 0) is 11.3 Å². The molecule has 2 aromatic carbocycles. The number of rotatable bonds is 7. The average Bonchev–Trinajstić information content (AvgIpc) is 3.61. The number of benzene rings is 2. The summed E-state index contributed by atoms with van der Waals surface area (Å²) in [6, 6.07) is 8.14. The van der Waals surface area contributed by atoms with Gasteiger partial charge in [0.1, 0.15) is 39.8 Å². The number of thiazole rings is 1. The van der Waals surface area contributed by atoms with Crippen LogP contribution >= 0.6 is 11.3 Å². The lowest BCUT2D eigenvalue weighted by molar-refractivity contribution is -0.160. The van der Waals surface area contributed by atoms with E-state index in [4.69, 9.17) is 0 Å². The summed E-state index contributed by atoms with van der Waals surface area (Å²) in [6.45, 7) is 1.73. The molecule has 16 heteroatoms. The van der Waals surface area contributed by atoms with Crippen molar-refractivity contribution in [2.24, 2.45) is 0 Å². The highest BCUT2D eigenvalue weighted by Crippen LogP contribution is 2.41. The predicted octanol–water partition coefficient (Wildman–Crippen LogP) is 4.35. The summed E-state index contributed by atoms with van der Waals surface area (Å²) in [5, 5.41) is 24.2. The van der Waals surface area contributed by atoms with Gasteiger partial charge in [-0.25, -0.2) is 18.4 Å². The fraction of sp³-hybridized carbons (Fsp3) is 0.400. The fourth-order valence-electron chi connectivity index (χ4n) is 5.85. The zero-order chi connectivity index (χ0) is 32.9. The quantitative estimate of drug-likeness (QED) is 0.292. The van der Waals surface area contributed by atoms with Gasteiger partial charge in [0.15, 0.2) is 10.9 Å². The van der Waals surface area contributed by atoms with Crippen molar-refractivity contribution < 1.29 is 31.9 Å². The van der Waals surface area contributed by atoms with Gasteiger partial charge in [0.05, 0.1) is 12.6 Å². The lowest BCUT2D eigenvalue weighted by atomic mass is 10.1. The summed E-state index contributed by atoms with van der Waals surface area (Å²) in [5.74, 6) is -1.23. The number of piperazine rings is 1. The van der Waals surface area contributed by atoms with E-state index < -0.39 is 36.5 Å². The minimum atomic E-state index is -4.68. The number of nitrogens with zero attached hydrogens (tertiary/aromatic N) is 8. The van der Waals surface area contributed by atoms with E-state index >= 15 is 4.39 Å². The monoisotopic (exact) mass is 660 g/mol. The number of hydrogen-bond donors (Lipinski definition) is 1. The Hall–Kier alpha value is -4.33. The van der Waals surface area contributed by atoms with Crippen LogP contribution in [0.15, 0.2) is 36.4 Å². The van der Waals surface area contributed by atoms with Crippen LogP contribution in [0.25, 0.3) is 22.2 Å². The maximum absolute atomic E-state index is 15.6. The molecule has 2 aliphatic rings. The van der Waals surface area contributed by atoms with Crippen molar-refractivity contribution in [1.29, 1.82) is 5.26 Å². The average molecular weight is 661 g/mol. The topological polar surface area (TPSA) is 105 Å². The van der Waals surface area contributed by atoms with E-state index in [1.165, 1.54) is 44.8 Å². The smallest absolute Gasteiger partial charge is 0.389 e. The van der Waals surface area contributed by atoms with Crippen LogP contribution in [0.1, 0.15) is 11.8 Å². The van der Waals surface area contributed by atoms with Gasteiger partial charge in [0.2, 0.25) is 5.91 Å². The summed E-state index contributed by atoms with van der Waals surface area (Å²) in [4.78, 5) is 22.9. The number of aryl methyl sites for hydroxylation is 1. The Kier molecular flexibility index (Phi) is 8.34. The highest BCUT2D eigenvalue weighted by Gasteiger charge is 2.47. The molecule has 0 radical (unpaired) electrons. The summed E-state index contributed by atoms with van der Waals surface area (Å²) in [7, 11) is 1.65. The van der Waals surface area contributed by atoms with E-state index in [1.807, 2.05) is 0 Å². The number of amides is 1. The van der Waals surface area contributed by atoms with Crippen LogP contribution in [0.2, 0.25) is 0 Å². The highest BCUT2D eigenvalue weighted by molar-refractivity contribution is 7.16. The summed E-state index contributed by atoms with van der Waals surface area (Å²) >= 11 is 1.06. The molecule has 1 amide bonds. The molecule has 0 spiro atoms. The molecule has 2 saturated heterocycles. The van der Waals surface area contributed by atoms with Gasteiger partial charge in [0, 0.05) is 63.0 Å². The van der Waals surface area contributed by atoms with E-state index in [-0.39, 0.29) is 60.1 Å². The van der Waals surface area contributed by atoms with Crippen molar-refractivity contribution >= 4 is 44.8 Å². The van der Waals surface area contributed by atoms with E-state index in [0.29, 0.717) is 28.8 Å². The number of carbonyl (C=O) groups excluding carboxylic acids is 1. The minimum Gasteiger partial charge on any atom is -0.389 e. The Morgan fingerprint density at radius 3 is 2.50 bits per heavy atom. The summed E-state index contributed by atoms with van der Waals surface area (Å²) in [6.07, 6.45) is -5.30. The highest BCUT2D eigenvalue weighted by atomic mass is 32.1. The van der Waals surface area contributed by atoms with Crippen molar-refractivity contribution in [2.75, 3.05) is 56.1 Å². The minimum absolute atomic E-state index is 0.0123. The number of likely N-dealkylation sites (tertiary alicyclic amines) is 1. The number of aliphatic hydroxyl groups excluding tert-OH is 1. The number of nitriles is 1. The van der Waals surface area contributed by atoms with Gasteiger partial charge < -0.3 is 19.8 Å². The summed E-state index contributed by atoms with van der Waals surface area (Å²) in [5.41, 5.74) is 0.839. The molecule has 6 rings (SSSR count). The van der Waals surface area contributed by atoms with Crippen LogP contribution in [0.4, 0.5) is 38.6 Å². The van der Waals surface area contributed by atoms with Gasteiger partial charge in [-0.2, -0.15) is 23.5 Å². The van der Waals surface area contributed by atoms with Gasteiger partial charge in [0.25, 0.3) is 0 Å². The molecule has 4 heterocycles. The molecule has 46 heavy (non-hydrogen) atoms. The zero-order valence-corrected chi connectivity index (χ0v) is 25.6. The second-order valence-electron chi connectivity index (χ2n) is 11.3. The molecule has 242 valence electrons. The molecular formula is C30H29F5N8O2S. The number of aliphatic hydroxyl groups is 1. The number of β-amino-alcohol motifs (C(OH)–C–C–N with tert-alkyl or cyclic N) is 1. The lowest BCUT2D eigenvalue weighted by Gasteiger charge is -2.44. The maximum Gasteiger partial charge on any atom is 0.409 e. The van der Waals surface area contributed by atoms with Crippen LogP contribution in [-0.4, -0.2) is 100 Å². The molecular weight excluding hydrogens is 631 g/mol. The van der Waals surface area contributed by atoms with Gasteiger partial charge in [-0.15, -0.1) is 0 Å². The Morgan fingerprint density at radius 2 is 1.87 bits per heavy atom. The molecule has 10 nitrogen and oxygen atoms in total. The first-order chi connectivity index (χ1) is 21.9. The molecule has 0 aliphatic carbocycles. The number of aromatic nitrogens is 3. The number of fused-ring (bicyclic) bond motifs is 1. The van der Waals surface area contributed by atoms with E-state index in [1.54, 1.807) is 18.9 Å². The van der Waals surface area contributed by atoms with Gasteiger partial charge in [-0.05, 0) is 43.3 Å². The van der Waals surface area contributed by atoms with Crippen LogP contribution < -0.4 is 9.80 Å². The second kappa shape index (κ2) is 12.1. The number of alkyl halides is 3. The standard InChI is InChI=1S/C30H29F5N8O2S/c1-3-43-28(39(2)29-37-26(23(12-36)46-29)17-4-6-18(31)7-5-17)21-10-19(11-22(32)27(21)38-43)42-9-8-40(15-24(42)30(33,34)35)16-25(45)41-13-20(44)14-41/h4-7,10-11,20,24,44H,3,8-9,13-16H2,1-2H3. The molecule has 0 saturated carbocycles. The Morgan fingerprint density at radius 1 is 1.15 bits per heavy atom.